The molecular formula is C12H27NOS. The Bertz CT molecular complexity index is 138. The Morgan fingerprint density at radius 2 is 1.87 bits per heavy atom. The SMILES string of the molecule is CCCCCSCCCC(C)(CO)NC. The zero-order valence-electron chi connectivity index (χ0n) is 10.5. The first-order valence-corrected chi connectivity index (χ1v) is 7.21. The van der Waals surface area contributed by atoms with E-state index in [9.17, 15) is 5.11 Å². The molecule has 0 aromatic carbocycles. The highest BCUT2D eigenvalue weighted by molar-refractivity contribution is 7.99. The van der Waals surface area contributed by atoms with Crippen molar-refractivity contribution in [3.63, 3.8) is 0 Å². The summed E-state index contributed by atoms with van der Waals surface area (Å²) in [5.74, 6) is 2.52. The summed E-state index contributed by atoms with van der Waals surface area (Å²) < 4.78 is 0. The monoisotopic (exact) mass is 233 g/mol. The van der Waals surface area contributed by atoms with Gasteiger partial charge in [-0.1, -0.05) is 19.8 Å². The third-order valence-corrected chi connectivity index (χ3v) is 4.02. The molecule has 0 aromatic heterocycles. The van der Waals surface area contributed by atoms with Gasteiger partial charge in [-0.3, -0.25) is 0 Å². The average molecular weight is 233 g/mol. The zero-order chi connectivity index (χ0) is 11.6. The van der Waals surface area contributed by atoms with Crippen molar-refractivity contribution in [3.8, 4) is 0 Å². The van der Waals surface area contributed by atoms with Gasteiger partial charge in [0.05, 0.1) is 6.61 Å². The van der Waals surface area contributed by atoms with Crippen LogP contribution in [0.5, 0.6) is 0 Å². The molecule has 0 aliphatic heterocycles. The largest absolute Gasteiger partial charge is 0.394 e. The van der Waals surface area contributed by atoms with Crippen LogP contribution in [0, 0.1) is 0 Å². The van der Waals surface area contributed by atoms with Gasteiger partial charge in [-0.05, 0) is 44.7 Å². The van der Waals surface area contributed by atoms with E-state index in [2.05, 4.69) is 19.2 Å². The predicted molar refractivity (Wildman–Crippen MR) is 70.6 cm³/mol. The van der Waals surface area contributed by atoms with Crippen molar-refractivity contribution < 1.29 is 5.11 Å². The van der Waals surface area contributed by atoms with Gasteiger partial charge in [0.2, 0.25) is 0 Å². The number of thioether (sulfide) groups is 1. The normalized spacial score (nSPS) is 15.2. The van der Waals surface area contributed by atoms with Crippen molar-refractivity contribution in [2.24, 2.45) is 0 Å². The Kier molecular flexibility index (Phi) is 9.66. The van der Waals surface area contributed by atoms with Gasteiger partial charge < -0.3 is 10.4 Å². The summed E-state index contributed by atoms with van der Waals surface area (Å²) in [6.07, 6.45) is 6.26. The van der Waals surface area contributed by atoms with E-state index in [0.717, 1.165) is 6.42 Å². The molecule has 0 aliphatic carbocycles. The van der Waals surface area contributed by atoms with Crippen molar-refractivity contribution in [1.29, 1.82) is 0 Å². The highest BCUT2D eigenvalue weighted by Gasteiger charge is 2.19. The molecule has 2 N–H and O–H groups in total. The molecule has 0 spiro atoms. The molecule has 0 radical (unpaired) electrons. The van der Waals surface area contributed by atoms with E-state index in [-0.39, 0.29) is 12.1 Å². The number of nitrogens with one attached hydrogen (secondary N) is 1. The lowest BCUT2D eigenvalue weighted by Crippen LogP contribution is -2.43. The lowest BCUT2D eigenvalue weighted by molar-refractivity contribution is 0.173. The molecule has 1 unspecified atom stereocenters. The van der Waals surface area contributed by atoms with E-state index < -0.39 is 0 Å². The van der Waals surface area contributed by atoms with Crippen LogP contribution < -0.4 is 5.32 Å². The molecule has 0 aliphatic rings. The van der Waals surface area contributed by atoms with E-state index in [0.29, 0.717) is 0 Å². The molecule has 0 fully saturated rings. The highest BCUT2D eigenvalue weighted by atomic mass is 32.2. The minimum atomic E-state index is -0.0794. The smallest absolute Gasteiger partial charge is 0.0610 e. The molecular weight excluding hydrogens is 206 g/mol. The molecule has 0 rings (SSSR count). The van der Waals surface area contributed by atoms with E-state index in [4.69, 9.17) is 0 Å². The Morgan fingerprint density at radius 1 is 1.20 bits per heavy atom. The van der Waals surface area contributed by atoms with Crippen LogP contribution in [0.15, 0.2) is 0 Å². The van der Waals surface area contributed by atoms with Gasteiger partial charge in [0, 0.05) is 5.54 Å². The minimum absolute atomic E-state index is 0.0794. The van der Waals surface area contributed by atoms with Crippen molar-refractivity contribution >= 4 is 11.8 Å². The van der Waals surface area contributed by atoms with Gasteiger partial charge >= 0.3 is 0 Å². The Hall–Kier alpha value is 0.270. The van der Waals surface area contributed by atoms with Crippen LogP contribution in [0.25, 0.3) is 0 Å². The summed E-state index contributed by atoms with van der Waals surface area (Å²) >= 11 is 2.05. The number of aliphatic hydroxyl groups excluding tert-OH is 1. The molecule has 0 bridgehead atoms. The Balaban J connectivity index is 3.29. The molecule has 92 valence electrons. The van der Waals surface area contributed by atoms with Gasteiger partial charge in [0.25, 0.3) is 0 Å². The average Bonchev–Trinajstić information content (AvgIpc) is 2.27. The van der Waals surface area contributed by atoms with Gasteiger partial charge in [0.15, 0.2) is 0 Å². The second kappa shape index (κ2) is 9.49. The topological polar surface area (TPSA) is 32.3 Å². The number of unbranched alkanes of at least 4 members (excludes halogenated alkanes) is 2. The molecule has 1 atom stereocenters. The maximum absolute atomic E-state index is 9.19. The van der Waals surface area contributed by atoms with Gasteiger partial charge in [-0.15, -0.1) is 0 Å². The van der Waals surface area contributed by atoms with Crippen LogP contribution in [0.1, 0.15) is 46.0 Å². The number of rotatable bonds is 10. The third kappa shape index (κ3) is 8.12. The van der Waals surface area contributed by atoms with E-state index in [1.807, 2.05) is 18.8 Å². The predicted octanol–water partition coefficient (Wildman–Crippen LogP) is 2.66. The van der Waals surface area contributed by atoms with Crippen molar-refractivity contribution in [1.82, 2.24) is 5.32 Å². The van der Waals surface area contributed by atoms with Gasteiger partial charge in [-0.25, -0.2) is 0 Å². The first-order chi connectivity index (χ1) is 7.18. The fourth-order valence-corrected chi connectivity index (χ4v) is 2.36. The molecule has 15 heavy (non-hydrogen) atoms. The summed E-state index contributed by atoms with van der Waals surface area (Å²) in [5.41, 5.74) is -0.0794. The Morgan fingerprint density at radius 3 is 2.40 bits per heavy atom. The number of likely N-dealkylation sites (N-methyl/N-ethyl adjacent to an activating group) is 1. The van der Waals surface area contributed by atoms with E-state index in [1.54, 1.807) is 0 Å². The van der Waals surface area contributed by atoms with Crippen molar-refractivity contribution in [2.75, 3.05) is 25.2 Å². The third-order valence-electron chi connectivity index (χ3n) is 2.86. The fourth-order valence-electron chi connectivity index (χ4n) is 1.40. The van der Waals surface area contributed by atoms with Gasteiger partial charge in [0.1, 0.15) is 0 Å². The molecule has 0 saturated heterocycles. The summed E-state index contributed by atoms with van der Waals surface area (Å²) in [6.45, 7) is 4.54. The highest BCUT2D eigenvalue weighted by Crippen LogP contribution is 2.15. The van der Waals surface area contributed by atoms with Crippen LogP contribution in [0.2, 0.25) is 0 Å². The van der Waals surface area contributed by atoms with Crippen molar-refractivity contribution in [2.45, 2.75) is 51.5 Å². The first kappa shape index (κ1) is 15.3. The lowest BCUT2D eigenvalue weighted by atomic mass is 9.98. The summed E-state index contributed by atoms with van der Waals surface area (Å²) in [7, 11) is 1.92. The second-order valence-corrected chi connectivity index (χ2v) is 5.62. The maximum Gasteiger partial charge on any atom is 0.0610 e. The summed E-state index contributed by atoms with van der Waals surface area (Å²) in [4.78, 5) is 0. The van der Waals surface area contributed by atoms with Crippen LogP contribution in [-0.2, 0) is 0 Å². The minimum Gasteiger partial charge on any atom is -0.394 e. The Labute approximate surface area is 99.2 Å². The van der Waals surface area contributed by atoms with E-state index >= 15 is 0 Å². The molecule has 0 amide bonds. The molecule has 0 aromatic rings. The van der Waals surface area contributed by atoms with Crippen LogP contribution in [0.4, 0.5) is 0 Å². The summed E-state index contributed by atoms with van der Waals surface area (Å²) in [5, 5.41) is 12.4. The quantitative estimate of drug-likeness (QED) is 0.569. The number of hydrogen-bond acceptors (Lipinski definition) is 3. The maximum atomic E-state index is 9.19. The second-order valence-electron chi connectivity index (χ2n) is 4.39. The molecule has 0 heterocycles. The molecule has 3 heteroatoms. The van der Waals surface area contributed by atoms with Crippen molar-refractivity contribution in [3.05, 3.63) is 0 Å². The van der Waals surface area contributed by atoms with Gasteiger partial charge in [-0.2, -0.15) is 11.8 Å². The van der Waals surface area contributed by atoms with E-state index in [1.165, 1.54) is 37.2 Å². The lowest BCUT2D eigenvalue weighted by Gasteiger charge is -2.26. The fraction of sp³-hybridized carbons (Fsp3) is 1.00. The van der Waals surface area contributed by atoms with Crippen LogP contribution in [-0.4, -0.2) is 35.8 Å². The van der Waals surface area contributed by atoms with Crippen LogP contribution >= 0.6 is 11.8 Å². The molecule has 2 nitrogen and oxygen atoms in total. The van der Waals surface area contributed by atoms with Crippen LogP contribution in [0.3, 0.4) is 0 Å². The molecule has 0 saturated carbocycles. The summed E-state index contributed by atoms with van der Waals surface area (Å²) in [6, 6.07) is 0. The standard InChI is InChI=1S/C12H27NOS/c1-4-5-6-9-15-10-7-8-12(2,11-14)13-3/h13-14H,4-11H2,1-3H3. The number of aliphatic hydroxyl groups is 1. The zero-order valence-corrected chi connectivity index (χ0v) is 11.3. The first-order valence-electron chi connectivity index (χ1n) is 6.06. The number of hydrogen-bond donors (Lipinski definition) is 2.